The van der Waals surface area contributed by atoms with Gasteiger partial charge in [0.2, 0.25) is 11.7 Å². The standard InChI is InChI=1S/C13H9ClF2N4O/c14-9-3-1-8(2-4-9)10-5-17-11(21-10)6-20-7-18-13(19-20)12(15)16/h1-5,7,12H,6H2. The maximum absolute atomic E-state index is 12.4. The highest BCUT2D eigenvalue weighted by Crippen LogP contribution is 2.22. The zero-order valence-electron chi connectivity index (χ0n) is 10.6. The third-order valence-electron chi connectivity index (χ3n) is 2.73. The molecule has 0 aliphatic heterocycles. The summed E-state index contributed by atoms with van der Waals surface area (Å²) in [5, 5.41) is 4.26. The van der Waals surface area contributed by atoms with E-state index in [1.807, 2.05) is 0 Å². The molecule has 0 radical (unpaired) electrons. The van der Waals surface area contributed by atoms with E-state index >= 15 is 0 Å². The minimum Gasteiger partial charge on any atom is -0.439 e. The van der Waals surface area contributed by atoms with Crippen LogP contribution in [0.2, 0.25) is 5.02 Å². The monoisotopic (exact) mass is 310 g/mol. The summed E-state index contributed by atoms with van der Waals surface area (Å²) in [6, 6.07) is 7.09. The molecule has 21 heavy (non-hydrogen) atoms. The fraction of sp³-hybridized carbons (Fsp3) is 0.154. The van der Waals surface area contributed by atoms with Crippen LogP contribution in [0.1, 0.15) is 18.1 Å². The van der Waals surface area contributed by atoms with Crippen molar-refractivity contribution in [3.63, 3.8) is 0 Å². The Morgan fingerprint density at radius 1 is 1.19 bits per heavy atom. The number of benzene rings is 1. The lowest BCUT2D eigenvalue weighted by molar-refractivity contribution is 0.140. The number of nitrogens with zero attached hydrogens (tertiary/aromatic N) is 4. The van der Waals surface area contributed by atoms with Crippen molar-refractivity contribution >= 4 is 11.6 Å². The highest BCUT2D eigenvalue weighted by atomic mass is 35.5. The molecule has 5 nitrogen and oxygen atoms in total. The third kappa shape index (κ3) is 3.08. The number of oxazole rings is 1. The van der Waals surface area contributed by atoms with Crippen molar-refractivity contribution in [3.05, 3.63) is 53.5 Å². The van der Waals surface area contributed by atoms with Gasteiger partial charge in [0.1, 0.15) is 12.9 Å². The molecule has 8 heteroatoms. The summed E-state index contributed by atoms with van der Waals surface area (Å²) in [4.78, 5) is 7.59. The van der Waals surface area contributed by atoms with Gasteiger partial charge >= 0.3 is 0 Å². The molecule has 3 rings (SSSR count). The van der Waals surface area contributed by atoms with E-state index in [2.05, 4.69) is 15.1 Å². The fourth-order valence-corrected chi connectivity index (χ4v) is 1.88. The van der Waals surface area contributed by atoms with Gasteiger partial charge in [0.05, 0.1) is 6.20 Å². The molecule has 0 saturated carbocycles. The lowest BCUT2D eigenvalue weighted by Crippen LogP contribution is -2.01. The number of halogens is 3. The maximum atomic E-state index is 12.4. The van der Waals surface area contributed by atoms with Crippen LogP contribution < -0.4 is 0 Å². The van der Waals surface area contributed by atoms with Gasteiger partial charge in [-0.15, -0.1) is 5.10 Å². The van der Waals surface area contributed by atoms with Crippen molar-refractivity contribution in [2.45, 2.75) is 13.0 Å². The summed E-state index contributed by atoms with van der Waals surface area (Å²) in [5.41, 5.74) is 0.824. The second kappa shape index (κ2) is 5.61. The van der Waals surface area contributed by atoms with Crippen LogP contribution in [-0.2, 0) is 6.54 Å². The Morgan fingerprint density at radius 3 is 2.62 bits per heavy atom. The summed E-state index contributed by atoms with van der Waals surface area (Å²) < 4.78 is 31.6. The van der Waals surface area contributed by atoms with Crippen LogP contribution in [0.15, 0.2) is 41.2 Å². The number of hydrogen-bond donors (Lipinski definition) is 0. The Bertz CT molecular complexity index is 739. The molecule has 2 aromatic heterocycles. The van der Waals surface area contributed by atoms with Crippen molar-refractivity contribution in [2.75, 3.05) is 0 Å². The molecule has 0 spiro atoms. The van der Waals surface area contributed by atoms with Gasteiger partial charge in [-0.05, 0) is 24.3 Å². The van der Waals surface area contributed by atoms with Crippen LogP contribution in [0.4, 0.5) is 8.78 Å². The van der Waals surface area contributed by atoms with Crippen molar-refractivity contribution in [2.24, 2.45) is 0 Å². The first-order valence-corrected chi connectivity index (χ1v) is 6.38. The highest BCUT2D eigenvalue weighted by molar-refractivity contribution is 6.30. The molecule has 0 saturated heterocycles. The molecule has 2 heterocycles. The largest absolute Gasteiger partial charge is 0.439 e. The SMILES string of the molecule is FC(F)c1ncn(Cc2ncc(-c3ccc(Cl)cc3)o2)n1. The van der Waals surface area contributed by atoms with Gasteiger partial charge in [0, 0.05) is 10.6 Å². The predicted molar refractivity (Wildman–Crippen MR) is 71.0 cm³/mol. The van der Waals surface area contributed by atoms with Gasteiger partial charge in [-0.1, -0.05) is 11.6 Å². The Kier molecular flexibility index (Phi) is 3.66. The molecule has 0 aliphatic rings. The second-order valence-electron chi connectivity index (χ2n) is 4.23. The van der Waals surface area contributed by atoms with Crippen molar-refractivity contribution in [3.8, 4) is 11.3 Å². The predicted octanol–water partition coefficient (Wildman–Crippen LogP) is 3.57. The molecule has 3 aromatic rings. The van der Waals surface area contributed by atoms with Gasteiger partial charge in [-0.2, -0.15) is 0 Å². The molecule has 1 aromatic carbocycles. The summed E-state index contributed by atoms with van der Waals surface area (Å²) in [7, 11) is 0. The molecule has 0 fully saturated rings. The maximum Gasteiger partial charge on any atom is 0.299 e. The Hall–Kier alpha value is -2.28. The Morgan fingerprint density at radius 2 is 1.95 bits per heavy atom. The van der Waals surface area contributed by atoms with Crippen LogP contribution in [0.25, 0.3) is 11.3 Å². The van der Waals surface area contributed by atoms with E-state index in [1.54, 1.807) is 30.5 Å². The minimum absolute atomic E-state index is 0.132. The molecule has 0 amide bonds. The number of rotatable bonds is 4. The van der Waals surface area contributed by atoms with Gasteiger partial charge in [-0.25, -0.2) is 23.4 Å². The van der Waals surface area contributed by atoms with Gasteiger partial charge in [0.25, 0.3) is 6.43 Å². The quantitative estimate of drug-likeness (QED) is 0.739. The smallest absolute Gasteiger partial charge is 0.299 e. The second-order valence-corrected chi connectivity index (χ2v) is 4.66. The lowest BCUT2D eigenvalue weighted by atomic mass is 10.2. The van der Waals surface area contributed by atoms with Crippen LogP contribution >= 0.6 is 11.6 Å². The van der Waals surface area contributed by atoms with E-state index in [1.165, 1.54) is 11.0 Å². The van der Waals surface area contributed by atoms with Gasteiger partial charge < -0.3 is 4.42 Å². The Balaban J connectivity index is 1.76. The van der Waals surface area contributed by atoms with Gasteiger partial charge in [-0.3, -0.25) is 0 Å². The van der Waals surface area contributed by atoms with Crippen LogP contribution in [0.3, 0.4) is 0 Å². The molecule has 0 N–H and O–H groups in total. The first kappa shape index (κ1) is 13.7. The van der Waals surface area contributed by atoms with E-state index in [0.29, 0.717) is 16.7 Å². The fourth-order valence-electron chi connectivity index (χ4n) is 1.75. The normalized spacial score (nSPS) is 11.2. The summed E-state index contributed by atoms with van der Waals surface area (Å²) in [5.74, 6) is 0.404. The lowest BCUT2D eigenvalue weighted by Gasteiger charge is -1.97. The number of hydrogen-bond acceptors (Lipinski definition) is 4. The van der Waals surface area contributed by atoms with Crippen molar-refractivity contribution < 1.29 is 13.2 Å². The van der Waals surface area contributed by atoms with Crippen LogP contribution in [0, 0.1) is 0 Å². The van der Waals surface area contributed by atoms with E-state index in [9.17, 15) is 8.78 Å². The van der Waals surface area contributed by atoms with Crippen molar-refractivity contribution in [1.82, 2.24) is 19.7 Å². The first-order chi connectivity index (χ1) is 10.1. The average Bonchev–Trinajstić information content (AvgIpc) is 3.10. The molecular formula is C13H9ClF2N4O. The third-order valence-corrected chi connectivity index (χ3v) is 2.98. The average molecular weight is 311 g/mol. The number of alkyl halides is 2. The molecule has 0 atom stereocenters. The molecule has 0 unspecified atom stereocenters. The first-order valence-electron chi connectivity index (χ1n) is 6.00. The van der Waals surface area contributed by atoms with E-state index < -0.39 is 12.2 Å². The highest BCUT2D eigenvalue weighted by Gasteiger charge is 2.14. The number of aromatic nitrogens is 4. The molecule has 0 aliphatic carbocycles. The minimum atomic E-state index is -2.69. The van der Waals surface area contributed by atoms with E-state index in [-0.39, 0.29) is 6.54 Å². The van der Waals surface area contributed by atoms with Crippen molar-refractivity contribution in [1.29, 1.82) is 0 Å². The van der Waals surface area contributed by atoms with Gasteiger partial charge in [0.15, 0.2) is 5.76 Å². The van der Waals surface area contributed by atoms with E-state index in [4.69, 9.17) is 16.0 Å². The Labute approximate surface area is 123 Å². The van der Waals surface area contributed by atoms with Crippen LogP contribution in [0.5, 0.6) is 0 Å². The molecule has 0 bridgehead atoms. The zero-order valence-corrected chi connectivity index (χ0v) is 11.3. The topological polar surface area (TPSA) is 56.7 Å². The summed E-state index contributed by atoms with van der Waals surface area (Å²) >= 11 is 5.81. The summed E-state index contributed by atoms with van der Waals surface area (Å²) in [6.45, 7) is 0.132. The summed E-state index contributed by atoms with van der Waals surface area (Å²) in [6.07, 6.45) is 0.0809. The van der Waals surface area contributed by atoms with E-state index in [0.717, 1.165) is 5.56 Å². The molecular weight excluding hydrogens is 302 g/mol. The molecule has 108 valence electrons. The zero-order chi connectivity index (χ0) is 14.8. The van der Waals surface area contributed by atoms with Crippen LogP contribution in [-0.4, -0.2) is 19.7 Å².